The third-order valence-electron chi connectivity index (χ3n) is 3.52. The molecule has 0 saturated carbocycles. The van der Waals surface area contributed by atoms with E-state index in [1.165, 1.54) is 5.56 Å². The normalized spacial score (nSPS) is 10.7. The average molecular weight is 296 g/mol. The molecule has 0 aliphatic heterocycles. The van der Waals surface area contributed by atoms with E-state index < -0.39 is 0 Å². The first kappa shape index (κ1) is 16.2. The summed E-state index contributed by atoms with van der Waals surface area (Å²) in [4.78, 5) is 18.8. The molecule has 0 radical (unpaired) electrons. The highest BCUT2D eigenvalue weighted by Crippen LogP contribution is 2.11. The molecular formula is C19H24N2O. The van der Waals surface area contributed by atoms with Crippen LogP contribution in [0.15, 0.2) is 54.7 Å². The Morgan fingerprint density at radius 3 is 2.45 bits per heavy atom. The van der Waals surface area contributed by atoms with Crippen molar-refractivity contribution < 1.29 is 4.79 Å². The third-order valence-corrected chi connectivity index (χ3v) is 3.52. The molecule has 1 aromatic heterocycles. The van der Waals surface area contributed by atoms with Crippen molar-refractivity contribution in [3.8, 4) is 0 Å². The van der Waals surface area contributed by atoms with E-state index in [1.54, 1.807) is 6.20 Å². The maximum Gasteiger partial charge on any atom is 0.223 e. The third kappa shape index (κ3) is 5.32. The molecule has 1 aromatic carbocycles. The van der Waals surface area contributed by atoms with E-state index >= 15 is 0 Å². The average Bonchev–Trinajstić information content (AvgIpc) is 2.52. The van der Waals surface area contributed by atoms with Crippen LogP contribution in [0.25, 0.3) is 0 Å². The minimum atomic E-state index is 0.217. The lowest BCUT2D eigenvalue weighted by Gasteiger charge is -2.23. The predicted octanol–water partition coefficient (Wildman–Crippen LogP) is 3.70. The number of benzene rings is 1. The lowest BCUT2D eigenvalue weighted by Crippen LogP contribution is -2.33. The van der Waals surface area contributed by atoms with Crippen LogP contribution in [0.1, 0.15) is 31.5 Å². The first-order valence-corrected chi connectivity index (χ1v) is 7.86. The highest BCUT2D eigenvalue weighted by atomic mass is 16.2. The Morgan fingerprint density at radius 1 is 1.09 bits per heavy atom. The largest absolute Gasteiger partial charge is 0.338 e. The van der Waals surface area contributed by atoms with Crippen molar-refractivity contribution in [2.75, 3.05) is 6.54 Å². The summed E-state index contributed by atoms with van der Waals surface area (Å²) in [6.07, 6.45) is 3.18. The van der Waals surface area contributed by atoms with E-state index in [9.17, 15) is 4.79 Å². The number of carbonyl (C=O) groups is 1. The minimum absolute atomic E-state index is 0.217. The molecule has 1 heterocycles. The molecule has 0 atom stereocenters. The van der Waals surface area contributed by atoms with Gasteiger partial charge in [0.1, 0.15) is 0 Å². The zero-order valence-electron chi connectivity index (χ0n) is 13.4. The van der Waals surface area contributed by atoms with Crippen LogP contribution in [0.3, 0.4) is 0 Å². The highest BCUT2D eigenvalue weighted by Gasteiger charge is 2.15. The predicted molar refractivity (Wildman–Crippen MR) is 89.3 cm³/mol. The van der Waals surface area contributed by atoms with Gasteiger partial charge < -0.3 is 4.90 Å². The molecule has 3 heteroatoms. The van der Waals surface area contributed by atoms with Gasteiger partial charge in [0.25, 0.3) is 0 Å². The number of aromatic nitrogens is 1. The summed E-state index contributed by atoms with van der Waals surface area (Å²) >= 11 is 0. The van der Waals surface area contributed by atoms with Crippen LogP contribution < -0.4 is 0 Å². The van der Waals surface area contributed by atoms with E-state index in [1.807, 2.05) is 41.3 Å². The quantitative estimate of drug-likeness (QED) is 0.780. The summed E-state index contributed by atoms with van der Waals surface area (Å²) in [5.74, 6) is 0.593. The van der Waals surface area contributed by atoms with Crippen LogP contribution in [-0.2, 0) is 17.8 Å². The van der Waals surface area contributed by atoms with Gasteiger partial charge >= 0.3 is 0 Å². The fourth-order valence-electron chi connectivity index (χ4n) is 2.37. The zero-order chi connectivity index (χ0) is 15.8. The summed E-state index contributed by atoms with van der Waals surface area (Å²) in [5.41, 5.74) is 2.19. The first-order chi connectivity index (χ1) is 10.6. The maximum absolute atomic E-state index is 12.5. The monoisotopic (exact) mass is 296 g/mol. The van der Waals surface area contributed by atoms with E-state index in [0.29, 0.717) is 25.4 Å². The second-order valence-electron chi connectivity index (χ2n) is 5.97. The van der Waals surface area contributed by atoms with Crippen molar-refractivity contribution in [2.45, 2.75) is 33.2 Å². The molecule has 0 bridgehead atoms. The molecule has 2 aromatic rings. The Balaban J connectivity index is 2.02. The van der Waals surface area contributed by atoms with Crippen LogP contribution in [-0.4, -0.2) is 22.3 Å². The first-order valence-electron chi connectivity index (χ1n) is 7.86. The van der Waals surface area contributed by atoms with Gasteiger partial charge in [0, 0.05) is 37.8 Å². The van der Waals surface area contributed by atoms with Crippen molar-refractivity contribution in [2.24, 2.45) is 5.92 Å². The van der Waals surface area contributed by atoms with Crippen LogP contribution >= 0.6 is 0 Å². The van der Waals surface area contributed by atoms with E-state index in [2.05, 4.69) is 31.0 Å². The number of carbonyl (C=O) groups excluding carboxylic acids is 1. The Hall–Kier alpha value is -2.16. The topological polar surface area (TPSA) is 33.2 Å². The number of rotatable bonds is 7. The Labute approximate surface area is 133 Å². The van der Waals surface area contributed by atoms with Gasteiger partial charge in [0.15, 0.2) is 0 Å². The molecule has 0 saturated heterocycles. The van der Waals surface area contributed by atoms with Gasteiger partial charge in [-0.3, -0.25) is 9.78 Å². The van der Waals surface area contributed by atoms with Crippen LogP contribution in [0.2, 0.25) is 0 Å². The standard InChI is InChI=1S/C19H24N2O/c1-16(2)14-19(22)21(15-17-8-4-3-5-9-17)13-11-18-10-6-7-12-20-18/h3-10,12,16H,11,13-15H2,1-2H3. The molecule has 0 unspecified atom stereocenters. The van der Waals surface area contributed by atoms with Gasteiger partial charge in [-0.15, -0.1) is 0 Å². The lowest BCUT2D eigenvalue weighted by molar-refractivity contribution is -0.132. The molecular weight excluding hydrogens is 272 g/mol. The Kier molecular flexibility index (Phi) is 6.13. The van der Waals surface area contributed by atoms with E-state index in [0.717, 1.165) is 12.1 Å². The zero-order valence-corrected chi connectivity index (χ0v) is 13.4. The molecule has 1 amide bonds. The second kappa shape index (κ2) is 8.32. The van der Waals surface area contributed by atoms with Crippen molar-refractivity contribution in [1.29, 1.82) is 0 Å². The Morgan fingerprint density at radius 2 is 1.82 bits per heavy atom. The summed E-state index contributed by atoms with van der Waals surface area (Å²) in [7, 11) is 0. The van der Waals surface area contributed by atoms with Gasteiger partial charge in [-0.25, -0.2) is 0 Å². The van der Waals surface area contributed by atoms with E-state index in [4.69, 9.17) is 0 Å². The van der Waals surface area contributed by atoms with Crippen molar-refractivity contribution in [1.82, 2.24) is 9.88 Å². The van der Waals surface area contributed by atoms with Crippen molar-refractivity contribution in [3.63, 3.8) is 0 Å². The lowest BCUT2D eigenvalue weighted by atomic mass is 10.1. The number of hydrogen-bond acceptors (Lipinski definition) is 2. The van der Waals surface area contributed by atoms with Crippen LogP contribution in [0.5, 0.6) is 0 Å². The van der Waals surface area contributed by atoms with Gasteiger partial charge in [0.05, 0.1) is 0 Å². The summed E-state index contributed by atoms with van der Waals surface area (Å²) in [6.45, 7) is 5.53. The number of hydrogen-bond donors (Lipinski definition) is 0. The molecule has 0 aliphatic rings. The highest BCUT2D eigenvalue weighted by molar-refractivity contribution is 5.76. The smallest absolute Gasteiger partial charge is 0.223 e. The molecule has 0 N–H and O–H groups in total. The maximum atomic E-state index is 12.5. The molecule has 0 spiro atoms. The molecule has 22 heavy (non-hydrogen) atoms. The van der Waals surface area contributed by atoms with Crippen molar-refractivity contribution in [3.05, 3.63) is 66.0 Å². The molecule has 2 rings (SSSR count). The molecule has 0 fully saturated rings. The molecule has 116 valence electrons. The minimum Gasteiger partial charge on any atom is -0.338 e. The second-order valence-corrected chi connectivity index (χ2v) is 5.97. The van der Waals surface area contributed by atoms with Crippen molar-refractivity contribution >= 4 is 5.91 Å². The summed E-state index contributed by atoms with van der Waals surface area (Å²) < 4.78 is 0. The fourth-order valence-corrected chi connectivity index (χ4v) is 2.37. The summed E-state index contributed by atoms with van der Waals surface area (Å²) in [6, 6.07) is 16.1. The fraction of sp³-hybridized carbons (Fsp3) is 0.368. The van der Waals surface area contributed by atoms with Crippen LogP contribution in [0.4, 0.5) is 0 Å². The molecule has 3 nitrogen and oxygen atoms in total. The summed E-state index contributed by atoms with van der Waals surface area (Å²) in [5, 5.41) is 0. The van der Waals surface area contributed by atoms with E-state index in [-0.39, 0.29) is 5.91 Å². The number of nitrogens with zero attached hydrogens (tertiary/aromatic N) is 2. The van der Waals surface area contributed by atoms with Crippen LogP contribution in [0, 0.1) is 5.92 Å². The van der Waals surface area contributed by atoms with Gasteiger partial charge in [-0.05, 0) is 23.6 Å². The SMILES string of the molecule is CC(C)CC(=O)N(CCc1ccccn1)Cc1ccccc1. The number of amides is 1. The molecule has 0 aliphatic carbocycles. The van der Waals surface area contributed by atoms with Gasteiger partial charge in [-0.1, -0.05) is 50.2 Å². The number of pyridine rings is 1. The van der Waals surface area contributed by atoms with Gasteiger partial charge in [-0.2, -0.15) is 0 Å². The van der Waals surface area contributed by atoms with Gasteiger partial charge in [0.2, 0.25) is 5.91 Å². The Bertz CT molecular complexity index is 567.